The molecule has 2 aromatic rings. The fourth-order valence-electron chi connectivity index (χ4n) is 3.79. The lowest BCUT2D eigenvalue weighted by atomic mass is 10.0. The molecule has 0 radical (unpaired) electrons. The Morgan fingerprint density at radius 1 is 0.741 bits per heavy atom. The first-order valence-electron chi connectivity index (χ1n) is 9.92. The second-order valence-electron chi connectivity index (χ2n) is 7.34. The van der Waals surface area contributed by atoms with E-state index in [9.17, 15) is 4.79 Å². The Hall–Kier alpha value is -2.21. The maximum Gasteiger partial charge on any atom is 0.253 e. The summed E-state index contributed by atoms with van der Waals surface area (Å²) >= 11 is 0. The van der Waals surface area contributed by atoms with Crippen LogP contribution in [0.4, 0.5) is 0 Å². The SMILES string of the molecule is O=C(c1ccc(-c2ccc(CN3CCNCC3)cc2)cc1)N1CCNCC1. The lowest BCUT2D eigenvalue weighted by Gasteiger charge is -2.27. The molecule has 0 saturated carbocycles. The standard InChI is InChI=1S/C22H28N4O/c27-22(26-15-11-24-12-16-26)21-7-5-20(6-8-21)19-3-1-18(2-4-19)17-25-13-9-23-10-14-25/h1-8,23-24H,9-17H2. The van der Waals surface area contributed by atoms with Crippen LogP contribution in [0, 0.1) is 0 Å². The fraction of sp³-hybridized carbons (Fsp3) is 0.409. The maximum absolute atomic E-state index is 12.6. The van der Waals surface area contributed by atoms with Gasteiger partial charge in [-0.05, 0) is 28.8 Å². The van der Waals surface area contributed by atoms with Crippen molar-refractivity contribution < 1.29 is 4.79 Å². The van der Waals surface area contributed by atoms with Crippen LogP contribution in [0.2, 0.25) is 0 Å². The van der Waals surface area contributed by atoms with Crippen molar-refractivity contribution in [2.75, 3.05) is 52.4 Å². The molecule has 2 aliphatic rings. The first kappa shape index (κ1) is 18.2. The maximum atomic E-state index is 12.6. The zero-order chi connectivity index (χ0) is 18.5. The minimum Gasteiger partial charge on any atom is -0.336 e. The van der Waals surface area contributed by atoms with Crippen molar-refractivity contribution in [3.8, 4) is 11.1 Å². The number of nitrogens with one attached hydrogen (secondary N) is 2. The molecule has 2 saturated heterocycles. The number of piperazine rings is 2. The zero-order valence-electron chi connectivity index (χ0n) is 15.8. The van der Waals surface area contributed by atoms with E-state index in [-0.39, 0.29) is 5.91 Å². The molecule has 1 amide bonds. The molecule has 2 fully saturated rings. The highest BCUT2D eigenvalue weighted by molar-refractivity contribution is 5.94. The van der Waals surface area contributed by atoms with Gasteiger partial charge in [-0.1, -0.05) is 36.4 Å². The first-order valence-corrected chi connectivity index (χ1v) is 9.92. The summed E-state index contributed by atoms with van der Waals surface area (Å²) in [5, 5.41) is 6.67. The number of carbonyl (C=O) groups excluding carboxylic acids is 1. The summed E-state index contributed by atoms with van der Waals surface area (Å²) in [7, 11) is 0. The third-order valence-electron chi connectivity index (χ3n) is 5.44. The topological polar surface area (TPSA) is 47.6 Å². The molecule has 0 aliphatic carbocycles. The molecule has 2 aromatic carbocycles. The van der Waals surface area contributed by atoms with Crippen LogP contribution in [0.3, 0.4) is 0 Å². The quantitative estimate of drug-likeness (QED) is 0.869. The van der Waals surface area contributed by atoms with Gasteiger partial charge in [0.05, 0.1) is 0 Å². The molecular formula is C22H28N4O. The number of hydrogen-bond donors (Lipinski definition) is 2. The molecule has 0 atom stereocenters. The smallest absolute Gasteiger partial charge is 0.253 e. The average Bonchev–Trinajstić information content (AvgIpc) is 2.75. The Morgan fingerprint density at radius 3 is 1.85 bits per heavy atom. The molecular weight excluding hydrogens is 336 g/mol. The summed E-state index contributed by atoms with van der Waals surface area (Å²) in [6.45, 7) is 8.74. The van der Waals surface area contributed by atoms with Crippen molar-refractivity contribution in [1.82, 2.24) is 20.4 Å². The van der Waals surface area contributed by atoms with E-state index in [4.69, 9.17) is 0 Å². The Bertz CT molecular complexity index is 745. The van der Waals surface area contributed by atoms with E-state index in [1.807, 2.05) is 17.0 Å². The van der Waals surface area contributed by atoms with Gasteiger partial charge in [0.2, 0.25) is 0 Å². The summed E-state index contributed by atoms with van der Waals surface area (Å²) in [5.74, 6) is 0.134. The van der Waals surface area contributed by atoms with Crippen LogP contribution in [-0.2, 0) is 6.54 Å². The summed E-state index contributed by atoms with van der Waals surface area (Å²) in [5.41, 5.74) is 4.47. The van der Waals surface area contributed by atoms with Gasteiger partial charge < -0.3 is 15.5 Å². The van der Waals surface area contributed by atoms with Crippen LogP contribution in [-0.4, -0.2) is 68.1 Å². The zero-order valence-corrected chi connectivity index (χ0v) is 15.8. The van der Waals surface area contributed by atoms with Crippen molar-refractivity contribution in [2.24, 2.45) is 0 Å². The third-order valence-corrected chi connectivity index (χ3v) is 5.44. The monoisotopic (exact) mass is 364 g/mol. The summed E-state index contributed by atoms with van der Waals surface area (Å²) in [4.78, 5) is 17.0. The van der Waals surface area contributed by atoms with Gasteiger partial charge in [-0.25, -0.2) is 0 Å². The molecule has 0 unspecified atom stereocenters. The minimum absolute atomic E-state index is 0.134. The molecule has 4 rings (SSSR count). The highest BCUT2D eigenvalue weighted by atomic mass is 16.2. The second-order valence-corrected chi connectivity index (χ2v) is 7.34. The van der Waals surface area contributed by atoms with Crippen LogP contribution in [0.5, 0.6) is 0 Å². The highest BCUT2D eigenvalue weighted by Crippen LogP contribution is 2.21. The van der Waals surface area contributed by atoms with Crippen molar-refractivity contribution >= 4 is 5.91 Å². The molecule has 2 aliphatic heterocycles. The Balaban J connectivity index is 1.40. The molecule has 0 aromatic heterocycles. The Labute approximate surface area is 161 Å². The fourth-order valence-corrected chi connectivity index (χ4v) is 3.79. The van der Waals surface area contributed by atoms with Gasteiger partial charge in [-0.2, -0.15) is 0 Å². The molecule has 0 bridgehead atoms. The van der Waals surface area contributed by atoms with Gasteiger partial charge in [0.1, 0.15) is 0 Å². The largest absolute Gasteiger partial charge is 0.336 e. The van der Waals surface area contributed by atoms with Gasteiger partial charge in [-0.15, -0.1) is 0 Å². The number of amides is 1. The molecule has 5 heteroatoms. The van der Waals surface area contributed by atoms with Crippen LogP contribution in [0.15, 0.2) is 48.5 Å². The van der Waals surface area contributed by atoms with Gasteiger partial charge >= 0.3 is 0 Å². The van der Waals surface area contributed by atoms with Crippen molar-refractivity contribution in [3.63, 3.8) is 0 Å². The summed E-state index contributed by atoms with van der Waals surface area (Å²) < 4.78 is 0. The predicted octanol–water partition coefficient (Wildman–Crippen LogP) is 1.80. The molecule has 27 heavy (non-hydrogen) atoms. The van der Waals surface area contributed by atoms with E-state index < -0.39 is 0 Å². The van der Waals surface area contributed by atoms with Crippen molar-refractivity contribution in [2.45, 2.75) is 6.54 Å². The lowest BCUT2D eigenvalue weighted by Crippen LogP contribution is -2.46. The number of carbonyl (C=O) groups is 1. The van der Waals surface area contributed by atoms with E-state index in [1.165, 1.54) is 11.1 Å². The van der Waals surface area contributed by atoms with Crippen molar-refractivity contribution in [1.29, 1.82) is 0 Å². The van der Waals surface area contributed by atoms with E-state index in [0.29, 0.717) is 0 Å². The molecule has 0 spiro atoms. The minimum atomic E-state index is 0.134. The number of rotatable bonds is 4. The molecule has 142 valence electrons. The van der Waals surface area contributed by atoms with E-state index in [2.05, 4.69) is 51.9 Å². The second kappa shape index (κ2) is 8.65. The van der Waals surface area contributed by atoms with E-state index in [1.54, 1.807) is 0 Å². The average molecular weight is 364 g/mol. The third kappa shape index (κ3) is 4.56. The lowest BCUT2D eigenvalue weighted by molar-refractivity contribution is 0.0736. The predicted molar refractivity (Wildman–Crippen MR) is 109 cm³/mol. The number of hydrogen-bond acceptors (Lipinski definition) is 4. The molecule has 2 N–H and O–H groups in total. The summed E-state index contributed by atoms with van der Waals surface area (Å²) in [6.07, 6.45) is 0. The first-order chi connectivity index (χ1) is 13.3. The van der Waals surface area contributed by atoms with Crippen LogP contribution < -0.4 is 10.6 Å². The van der Waals surface area contributed by atoms with Crippen LogP contribution in [0.25, 0.3) is 11.1 Å². The Kier molecular flexibility index (Phi) is 5.82. The Morgan fingerprint density at radius 2 is 1.26 bits per heavy atom. The van der Waals surface area contributed by atoms with Crippen LogP contribution in [0.1, 0.15) is 15.9 Å². The summed E-state index contributed by atoms with van der Waals surface area (Å²) in [6, 6.07) is 16.8. The van der Waals surface area contributed by atoms with Crippen LogP contribution >= 0.6 is 0 Å². The normalized spacial score (nSPS) is 18.4. The van der Waals surface area contributed by atoms with Gasteiger partial charge in [-0.3, -0.25) is 9.69 Å². The van der Waals surface area contributed by atoms with E-state index in [0.717, 1.165) is 70.0 Å². The molecule has 5 nitrogen and oxygen atoms in total. The van der Waals surface area contributed by atoms with E-state index >= 15 is 0 Å². The van der Waals surface area contributed by atoms with Crippen molar-refractivity contribution in [3.05, 3.63) is 59.7 Å². The van der Waals surface area contributed by atoms with Gasteiger partial charge in [0.25, 0.3) is 5.91 Å². The van der Waals surface area contributed by atoms with Gasteiger partial charge in [0, 0.05) is 64.5 Å². The molecule has 2 heterocycles. The number of nitrogens with zero attached hydrogens (tertiary/aromatic N) is 2. The number of benzene rings is 2. The highest BCUT2D eigenvalue weighted by Gasteiger charge is 2.17. The van der Waals surface area contributed by atoms with Gasteiger partial charge in [0.15, 0.2) is 0 Å².